The Hall–Kier alpha value is -2.62. The number of fused-ring (bicyclic) bond motifs is 1. The molecule has 26 heavy (non-hydrogen) atoms. The molecule has 1 amide bonds. The predicted molar refractivity (Wildman–Crippen MR) is 86.5 cm³/mol. The third kappa shape index (κ3) is 4.13. The molecule has 3 N–H and O–H groups in total. The fourth-order valence-electron chi connectivity index (χ4n) is 3.03. The van der Waals surface area contributed by atoms with E-state index in [0.717, 1.165) is 0 Å². The number of piperidine rings is 1. The number of nitrogens with one attached hydrogen (secondary N) is 2. The number of imidazole rings is 1. The summed E-state index contributed by atoms with van der Waals surface area (Å²) in [5, 5.41) is 11.7. The van der Waals surface area contributed by atoms with E-state index < -0.39 is 23.9 Å². The Kier molecular flexibility index (Phi) is 4.86. The molecule has 1 unspecified atom stereocenters. The number of carbonyl (C=O) groups is 2. The van der Waals surface area contributed by atoms with Crippen LogP contribution in [0.3, 0.4) is 0 Å². The monoisotopic (exact) mass is 370 g/mol. The Bertz CT molecular complexity index is 834. The number of aromatic nitrogens is 2. The molecule has 1 aromatic heterocycles. The van der Waals surface area contributed by atoms with Gasteiger partial charge in [0.15, 0.2) is 0 Å². The zero-order valence-corrected chi connectivity index (χ0v) is 13.6. The first-order valence-corrected chi connectivity index (χ1v) is 8.04. The highest BCUT2D eigenvalue weighted by molar-refractivity contribution is 5.94. The molecule has 0 bridgehead atoms. The van der Waals surface area contributed by atoms with E-state index in [1.165, 1.54) is 18.2 Å². The lowest BCUT2D eigenvalue weighted by molar-refractivity contribution is -0.144. The number of benzene rings is 1. The van der Waals surface area contributed by atoms with Gasteiger partial charge in [-0.25, -0.2) is 4.98 Å². The smallest absolute Gasteiger partial charge is 0.449 e. The molecule has 7 nitrogen and oxygen atoms in total. The van der Waals surface area contributed by atoms with Gasteiger partial charge in [0.1, 0.15) is 0 Å². The van der Waals surface area contributed by atoms with Crippen molar-refractivity contribution in [1.82, 2.24) is 14.9 Å². The van der Waals surface area contributed by atoms with E-state index in [9.17, 15) is 22.8 Å². The molecule has 0 aliphatic carbocycles. The summed E-state index contributed by atoms with van der Waals surface area (Å²) in [5.41, 5.74) is 0.654. The Morgan fingerprint density at radius 1 is 1.38 bits per heavy atom. The maximum atomic E-state index is 12.7. The summed E-state index contributed by atoms with van der Waals surface area (Å²) in [4.78, 5) is 30.6. The Labute approximate surface area is 146 Å². The van der Waals surface area contributed by atoms with Crippen molar-refractivity contribution in [3.63, 3.8) is 0 Å². The van der Waals surface area contributed by atoms with Crippen LogP contribution in [0, 0.1) is 5.92 Å². The van der Waals surface area contributed by atoms with Crippen LogP contribution in [0.25, 0.3) is 11.0 Å². The molecule has 140 valence electrons. The minimum Gasteiger partial charge on any atom is -0.481 e. The number of rotatable bonds is 4. The highest BCUT2D eigenvalue weighted by atomic mass is 19.4. The minimum absolute atomic E-state index is 0.0264. The van der Waals surface area contributed by atoms with Crippen molar-refractivity contribution in [1.29, 1.82) is 0 Å². The zero-order chi connectivity index (χ0) is 18.9. The number of alkyl halides is 3. The quantitative estimate of drug-likeness (QED) is 0.767. The molecule has 1 fully saturated rings. The van der Waals surface area contributed by atoms with E-state index in [0.29, 0.717) is 31.6 Å². The number of carbonyl (C=O) groups excluding carboxylic acids is 1. The average molecular weight is 370 g/mol. The Balaban J connectivity index is 1.64. The van der Waals surface area contributed by atoms with Gasteiger partial charge in [0, 0.05) is 12.2 Å². The number of H-pyrrole nitrogens is 1. The first kappa shape index (κ1) is 18.2. The van der Waals surface area contributed by atoms with Crippen LogP contribution in [0.4, 0.5) is 18.9 Å². The number of carboxylic acids is 1. The van der Waals surface area contributed by atoms with Crippen molar-refractivity contribution in [3.8, 4) is 0 Å². The number of anilines is 1. The number of nitrogens with zero attached hydrogens (tertiary/aromatic N) is 2. The standard InChI is InChI=1S/C16H17F3N4O3/c17-16(18,19)15-21-11-4-3-10(6-12(11)22-15)20-13(24)8-23-5-1-2-9(7-23)14(25)26/h3-4,6,9H,1-2,5,7-8H2,(H,20,24)(H,21,22)(H,25,26). The molecule has 1 saturated heterocycles. The summed E-state index contributed by atoms with van der Waals surface area (Å²) in [6.07, 6.45) is -3.28. The van der Waals surface area contributed by atoms with Gasteiger partial charge in [-0.1, -0.05) is 0 Å². The van der Waals surface area contributed by atoms with E-state index in [2.05, 4.69) is 15.3 Å². The summed E-state index contributed by atoms with van der Waals surface area (Å²) >= 11 is 0. The van der Waals surface area contributed by atoms with E-state index in [-0.39, 0.29) is 23.5 Å². The van der Waals surface area contributed by atoms with Crippen LogP contribution in [-0.2, 0) is 15.8 Å². The van der Waals surface area contributed by atoms with Gasteiger partial charge < -0.3 is 15.4 Å². The lowest BCUT2D eigenvalue weighted by Gasteiger charge is -2.29. The number of hydrogen-bond acceptors (Lipinski definition) is 4. The van der Waals surface area contributed by atoms with Crippen molar-refractivity contribution < 1.29 is 27.9 Å². The van der Waals surface area contributed by atoms with Gasteiger partial charge >= 0.3 is 12.1 Å². The van der Waals surface area contributed by atoms with Crippen molar-refractivity contribution in [3.05, 3.63) is 24.0 Å². The molecule has 10 heteroatoms. The fraction of sp³-hybridized carbons (Fsp3) is 0.438. The molecule has 1 aromatic carbocycles. The van der Waals surface area contributed by atoms with Crippen molar-refractivity contribution in [2.24, 2.45) is 5.92 Å². The SMILES string of the molecule is O=C(CN1CCCC(C(=O)O)C1)Nc1ccc2nc(C(F)(F)F)[nH]c2c1. The largest absolute Gasteiger partial charge is 0.481 e. The normalized spacial score (nSPS) is 18.8. The molecule has 1 aliphatic rings. The molecule has 0 radical (unpaired) electrons. The van der Waals surface area contributed by atoms with E-state index in [1.54, 1.807) is 4.90 Å². The molecule has 2 heterocycles. The predicted octanol–water partition coefficient (Wildman–Crippen LogP) is 2.32. The van der Waals surface area contributed by atoms with Crippen molar-refractivity contribution in [2.75, 3.05) is 25.0 Å². The summed E-state index contributed by atoms with van der Waals surface area (Å²) in [5.74, 6) is -2.81. The van der Waals surface area contributed by atoms with Gasteiger partial charge in [-0.3, -0.25) is 14.5 Å². The summed E-state index contributed by atoms with van der Waals surface area (Å²) in [7, 11) is 0. The number of hydrogen-bond donors (Lipinski definition) is 3. The Morgan fingerprint density at radius 2 is 2.15 bits per heavy atom. The molecular formula is C16H17F3N4O3. The minimum atomic E-state index is -4.57. The number of halogens is 3. The van der Waals surface area contributed by atoms with Crippen LogP contribution < -0.4 is 5.32 Å². The average Bonchev–Trinajstić information content (AvgIpc) is 2.98. The number of amides is 1. The van der Waals surface area contributed by atoms with E-state index in [1.807, 2.05) is 0 Å². The topological polar surface area (TPSA) is 98.3 Å². The van der Waals surface area contributed by atoms with Crippen LogP contribution in [0.15, 0.2) is 18.2 Å². The summed E-state index contributed by atoms with van der Waals surface area (Å²) in [6.45, 7) is 0.960. The van der Waals surface area contributed by atoms with Crippen LogP contribution in [0.1, 0.15) is 18.7 Å². The molecule has 2 aromatic rings. The third-order valence-electron chi connectivity index (χ3n) is 4.26. The maximum absolute atomic E-state index is 12.7. The lowest BCUT2D eigenvalue weighted by Crippen LogP contribution is -2.42. The van der Waals surface area contributed by atoms with Gasteiger partial charge in [0.2, 0.25) is 11.7 Å². The maximum Gasteiger partial charge on any atom is 0.449 e. The fourth-order valence-corrected chi connectivity index (χ4v) is 3.03. The third-order valence-corrected chi connectivity index (χ3v) is 4.26. The van der Waals surface area contributed by atoms with Crippen LogP contribution in [0.5, 0.6) is 0 Å². The van der Waals surface area contributed by atoms with Gasteiger partial charge in [0.25, 0.3) is 0 Å². The van der Waals surface area contributed by atoms with Crippen LogP contribution in [-0.4, -0.2) is 51.5 Å². The molecular weight excluding hydrogens is 353 g/mol. The highest BCUT2D eigenvalue weighted by Gasteiger charge is 2.34. The summed E-state index contributed by atoms with van der Waals surface area (Å²) in [6, 6.07) is 4.24. The highest BCUT2D eigenvalue weighted by Crippen LogP contribution is 2.29. The van der Waals surface area contributed by atoms with Crippen LogP contribution >= 0.6 is 0 Å². The van der Waals surface area contributed by atoms with E-state index >= 15 is 0 Å². The Morgan fingerprint density at radius 3 is 2.85 bits per heavy atom. The number of carboxylic acid groups (broad SMARTS) is 1. The van der Waals surface area contributed by atoms with Gasteiger partial charge in [-0.2, -0.15) is 13.2 Å². The first-order chi connectivity index (χ1) is 12.2. The molecule has 0 spiro atoms. The van der Waals surface area contributed by atoms with Crippen molar-refractivity contribution >= 4 is 28.6 Å². The number of aliphatic carboxylic acids is 1. The van der Waals surface area contributed by atoms with Gasteiger partial charge in [-0.05, 0) is 37.6 Å². The molecule has 1 atom stereocenters. The molecule has 0 saturated carbocycles. The molecule has 1 aliphatic heterocycles. The second-order valence-electron chi connectivity index (χ2n) is 6.28. The number of likely N-dealkylation sites (tertiary alicyclic amines) is 1. The number of aromatic amines is 1. The first-order valence-electron chi connectivity index (χ1n) is 8.04. The second kappa shape index (κ2) is 6.94. The van der Waals surface area contributed by atoms with Gasteiger partial charge in [0.05, 0.1) is 23.5 Å². The second-order valence-corrected chi connectivity index (χ2v) is 6.28. The zero-order valence-electron chi connectivity index (χ0n) is 13.6. The van der Waals surface area contributed by atoms with E-state index in [4.69, 9.17) is 5.11 Å². The molecule has 3 rings (SSSR count). The van der Waals surface area contributed by atoms with Crippen LogP contribution in [0.2, 0.25) is 0 Å². The summed E-state index contributed by atoms with van der Waals surface area (Å²) < 4.78 is 38.0. The van der Waals surface area contributed by atoms with Gasteiger partial charge in [-0.15, -0.1) is 0 Å². The van der Waals surface area contributed by atoms with Crippen molar-refractivity contribution in [2.45, 2.75) is 19.0 Å². The lowest BCUT2D eigenvalue weighted by atomic mass is 9.98.